The SMILES string of the molecule is COC(=O)C1(NC(=O)CCc2c(C)nn(CC(C)C)c2C)CCCCC1. The van der Waals surface area contributed by atoms with Crippen molar-refractivity contribution in [2.24, 2.45) is 5.92 Å². The van der Waals surface area contributed by atoms with E-state index < -0.39 is 5.54 Å². The van der Waals surface area contributed by atoms with Gasteiger partial charge in [-0.2, -0.15) is 5.10 Å². The molecule has 1 amide bonds. The number of rotatable bonds is 7. The quantitative estimate of drug-likeness (QED) is 0.756. The highest BCUT2D eigenvalue weighted by Gasteiger charge is 2.41. The Morgan fingerprint density at radius 2 is 1.88 bits per heavy atom. The molecule has 1 aliphatic carbocycles. The van der Waals surface area contributed by atoms with Crippen LogP contribution < -0.4 is 5.32 Å². The molecule has 1 saturated carbocycles. The summed E-state index contributed by atoms with van der Waals surface area (Å²) in [6.45, 7) is 9.27. The number of nitrogens with one attached hydrogen (secondary N) is 1. The molecular formula is C20H33N3O3. The van der Waals surface area contributed by atoms with Gasteiger partial charge in [0.15, 0.2) is 0 Å². The third-order valence-corrected chi connectivity index (χ3v) is 5.33. The van der Waals surface area contributed by atoms with Crippen molar-refractivity contribution in [3.8, 4) is 0 Å². The van der Waals surface area contributed by atoms with E-state index in [9.17, 15) is 9.59 Å². The van der Waals surface area contributed by atoms with Crippen molar-refractivity contribution in [1.29, 1.82) is 0 Å². The zero-order valence-electron chi connectivity index (χ0n) is 16.9. The Hall–Kier alpha value is -1.85. The lowest BCUT2D eigenvalue weighted by Gasteiger charge is -2.35. The van der Waals surface area contributed by atoms with E-state index in [0.29, 0.717) is 31.6 Å². The first-order valence-corrected chi connectivity index (χ1v) is 9.71. The molecule has 1 heterocycles. The number of ether oxygens (including phenoxy) is 1. The monoisotopic (exact) mass is 363 g/mol. The number of carbonyl (C=O) groups excluding carboxylic acids is 2. The number of amides is 1. The number of hydrogen-bond acceptors (Lipinski definition) is 4. The van der Waals surface area contributed by atoms with Crippen molar-refractivity contribution >= 4 is 11.9 Å². The number of esters is 1. The topological polar surface area (TPSA) is 73.2 Å². The minimum absolute atomic E-state index is 0.0901. The average molecular weight is 364 g/mol. The highest BCUT2D eigenvalue weighted by molar-refractivity contribution is 5.88. The first-order valence-electron chi connectivity index (χ1n) is 9.71. The predicted octanol–water partition coefficient (Wildman–Crippen LogP) is 3.08. The molecule has 0 unspecified atom stereocenters. The standard InChI is InChI=1S/C20H33N3O3/c1-14(2)13-23-16(4)17(15(3)22-23)9-10-18(24)21-20(19(25)26-5)11-7-6-8-12-20/h14H,6-13H2,1-5H3,(H,21,24). The molecule has 0 aliphatic heterocycles. The minimum Gasteiger partial charge on any atom is -0.467 e. The number of aromatic nitrogens is 2. The largest absolute Gasteiger partial charge is 0.467 e. The predicted molar refractivity (Wildman–Crippen MR) is 101 cm³/mol. The van der Waals surface area contributed by atoms with Crippen molar-refractivity contribution in [2.75, 3.05) is 7.11 Å². The molecule has 0 spiro atoms. The molecule has 1 N–H and O–H groups in total. The molecule has 1 aromatic rings. The van der Waals surface area contributed by atoms with Crippen LogP contribution in [0.3, 0.4) is 0 Å². The summed E-state index contributed by atoms with van der Waals surface area (Å²) in [6, 6.07) is 0. The Balaban J connectivity index is 2.02. The van der Waals surface area contributed by atoms with Crippen molar-refractivity contribution in [3.63, 3.8) is 0 Å². The van der Waals surface area contributed by atoms with Crippen LogP contribution in [0.25, 0.3) is 0 Å². The molecule has 2 rings (SSSR count). The molecular weight excluding hydrogens is 330 g/mol. The molecule has 146 valence electrons. The van der Waals surface area contributed by atoms with Crippen LogP contribution in [-0.2, 0) is 27.3 Å². The summed E-state index contributed by atoms with van der Waals surface area (Å²) in [4.78, 5) is 24.8. The lowest BCUT2D eigenvalue weighted by atomic mass is 9.81. The van der Waals surface area contributed by atoms with Gasteiger partial charge in [-0.3, -0.25) is 9.48 Å². The Kier molecular flexibility index (Phi) is 6.84. The lowest BCUT2D eigenvalue weighted by molar-refractivity contribution is -0.152. The number of methoxy groups -OCH3 is 1. The summed E-state index contributed by atoms with van der Waals surface area (Å²) in [5, 5.41) is 7.60. The van der Waals surface area contributed by atoms with Crippen LogP contribution in [0.5, 0.6) is 0 Å². The van der Waals surface area contributed by atoms with Gasteiger partial charge >= 0.3 is 5.97 Å². The summed E-state index contributed by atoms with van der Waals surface area (Å²) < 4.78 is 7.00. The van der Waals surface area contributed by atoms with E-state index in [2.05, 4.69) is 31.2 Å². The third kappa shape index (κ3) is 4.65. The molecule has 1 aliphatic rings. The van der Waals surface area contributed by atoms with Crippen molar-refractivity contribution in [3.05, 3.63) is 17.0 Å². The van der Waals surface area contributed by atoms with Gasteiger partial charge in [-0.25, -0.2) is 4.79 Å². The second-order valence-corrected chi connectivity index (χ2v) is 7.91. The van der Waals surface area contributed by atoms with Gasteiger partial charge in [0.1, 0.15) is 5.54 Å². The summed E-state index contributed by atoms with van der Waals surface area (Å²) in [7, 11) is 1.39. The molecule has 1 fully saturated rings. The van der Waals surface area contributed by atoms with Gasteiger partial charge in [-0.15, -0.1) is 0 Å². The van der Waals surface area contributed by atoms with E-state index in [1.807, 2.05) is 11.6 Å². The van der Waals surface area contributed by atoms with Crippen molar-refractivity contribution < 1.29 is 14.3 Å². The smallest absolute Gasteiger partial charge is 0.331 e. The maximum Gasteiger partial charge on any atom is 0.331 e. The molecule has 26 heavy (non-hydrogen) atoms. The summed E-state index contributed by atoms with van der Waals surface area (Å²) in [5.74, 6) is 0.116. The van der Waals surface area contributed by atoms with Gasteiger partial charge in [0.05, 0.1) is 12.8 Å². The number of hydrogen-bond donors (Lipinski definition) is 1. The number of nitrogens with zero attached hydrogens (tertiary/aromatic N) is 2. The normalized spacial score (nSPS) is 16.5. The van der Waals surface area contributed by atoms with Crippen LogP contribution in [0.4, 0.5) is 0 Å². The Labute approximate surface area is 156 Å². The summed E-state index contributed by atoms with van der Waals surface area (Å²) in [5.41, 5.74) is 2.41. The molecule has 6 nitrogen and oxygen atoms in total. The zero-order chi connectivity index (χ0) is 19.3. The minimum atomic E-state index is -0.837. The molecule has 0 bridgehead atoms. The van der Waals surface area contributed by atoms with E-state index in [0.717, 1.165) is 42.8 Å². The maximum atomic E-state index is 12.6. The van der Waals surface area contributed by atoms with Gasteiger partial charge in [0.25, 0.3) is 0 Å². The summed E-state index contributed by atoms with van der Waals surface area (Å²) in [6.07, 6.45) is 5.30. The molecule has 6 heteroatoms. The van der Waals surface area contributed by atoms with Crippen molar-refractivity contribution in [1.82, 2.24) is 15.1 Å². The van der Waals surface area contributed by atoms with Gasteiger partial charge in [0, 0.05) is 18.7 Å². The molecule has 0 saturated heterocycles. The fourth-order valence-electron chi connectivity index (χ4n) is 3.92. The van der Waals surface area contributed by atoms with E-state index in [-0.39, 0.29) is 11.9 Å². The molecule has 0 atom stereocenters. The lowest BCUT2D eigenvalue weighted by Crippen LogP contribution is -2.56. The van der Waals surface area contributed by atoms with E-state index >= 15 is 0 Å². The van der Waals surface area contributed by atoms with Gasteiger partial charge < -0.3 is 10.1 Å². The van der Waals surface area contributed by atoms with Crippen LogP contribution in [-0.4, -0.2) is 34.3 Å². The number of aryl methyl sites for hydroxylation is 1. The van der Waals surface area contributed by atoms with Gasteiger partial charge in [-0.1, -0.05) is 33.1 Å². The second-order valence-electron chi connectivity index (χ2n) is 7.91. The summed E-state index contributed by atoms with van der Waals surface area (Å²) >= 11 is 0. The highest BCUT2D eigenvalue weighted by atomic mass is 16.5. The van der Waals surface area contributed by atoms with Crippen LogP contribution in [0.2, 0.25) is 0 Å². The Morgan fingerprint density at radius 3 is 2.46 bits per heavy atom. The van der Waals surface area contributed by atoms with Gasteiger partial charge in [-0.05, 0) is 44.6 Å². The zero-order valence-corrected chi connectivity index (χ0v) is 16.9. The van der Waals surface area contributed by atoms with Crippen LogP contribution in [0, 0.1) is 19.8 Å². The van der Waals surface area contributed by atoms with Crippen molar-refractivity contribution in [2.45, 2.75) is 84.7 Å². The number of carbonyl (C=O) groups is 2. The van der Waals surface area contributed by atoms with Crippen LogP contribution >= 0.6 is 0 Å². The third-order valence-electron chi connectivity index (χ3n) is 5.33. The van der Waals surface area contributed by atoms with Crippen LogP contribution in [0.1, 0.15) is 69.3 Å². The highest BCUT2D eigenvalue weighted by Crippen LogP contribution is 2.29. The Bertz CT molecular complexity index is 643. The molecule has 0 radical (unpaired) electrons. The Morgan fingerprint density at radius 1 is 1.23 bits per heavy atom. The van der Waals surface area contributed by atoms with E-state index in [1.165, 1.54) is 7.11 Å². The molecule has 1 aromatic heterocycles. The maximum absolute atomic E-state index is 12.6. The first kappa shape index (κ1) is 20.5. The second kappa shape index (κ2) is 8.69. The average Bonchev–Trinajstić information content (AvgIpc) is 2.86. The van der Waals surface area contributed by atoms with E-state index in [1.54, 1.807) is 0 Å². The fraction of sp³-hybridized carbons (Fsp3) is 0.750. The van der Waals surface area contributed by atoms with E-state index in [4.69, 9.17) is 4.74 Å². The first-order chi connectivity index (χ1) is 12.3. The van der Waals surface area contributed by atoms with Gasteiger partial charge in [0.2, 0.25) is 5.91 Å². The fourth-order valence-corrected chi connectivity index (χ4v) is 3.92. The van der Waals surface area contributed by atoms with Crippen LogP contribution in [0.15, 0.2) is 0 Å². The molecule has 0 aromatic carbocycles.